The fraction of sp³-hybridized carbons (Fsp3) is 0.435. The van der Waals surface area contributed by atoms with Crippen molar-refractivity contribution in [2.45, 2.75) is 37.1 Å². The summed E-state index contributed by atoms with van der Waals surface area (Å²) in [6.45, 7) is 3.82. The zero-order valence-corrected chi connectivity index (χ0v) is 19.6. The molecule has 0 fully saturated rings. The molecule has 0 spiro atoms. The summed E-state index contributed by atoms with van der Waals surface area (Å²) in [5.74, 6) is 0.678. The summed E-state index contributed by atoms with van der Waals surface area (Å²) in [4.78, 5) is 12.6. The van der Waals surface area contributed by atoms with Gasteiger partial charge < -0.3 is 21.1 Å². The van der Waals surface area contributed by atoms with Crippen molar-refractivity contribution in [1.82, 2.24) is 15.4 Å². The number of carbonyl (C=O) groups excluding carboxylic acids is 1. The molecule has 32 heavy (non-hydrogen) atoms. The van der Waals surface area contributed by atoms with Gasteiger partial charge >= 0.3 is 0 Å². The number of nitrogens with one attached hydrogen (secondary N) is 3. The first kappa shape index (κ1) is 25.8. The second-order valence-corrected chi connectivity index (χ2v) is 9.31. The summed E-state index contributed by atoms with van der Waals surface area (Å²) >= 11 is 0. The Morgan fingerprint density at radius 2 is 1.69 bits per heavy atom. The molecule has 9 heteroatoms. The van der Waals surface area contributed by atoms with Gasteiger partial charge in [-0.3, -0.25) is 4.79 Å². The van der Waals surface area contributed by atoms with Crippen molar-refractivity contribution >= 4 is 15.9 Å². The van der Waals surface area contributed by atoms with Crippen LogP contribution in [0.3, 0.4) is 0 Å². The van der Waals surface area contributed by atoms with Crippen molar-refractivity contribution in [3.63, 3.8) is 0 Å². The fourth-order valence-electron chi connectivity index (χ4n) is 3.10. The summed E-state index contributed by atoms with van der Waals surface area (Å²) in [6.07, 6.45) is 1.58. The highest BCUT2D eigenvalue weighted by Crippen LogP contribution is 2.20. The molecule has 2 rings (SSSR count). The second-order valence-electron chi connectivity index (χ2n) is 7.54. The molecule has 0 radical (unpaired) electrons. The van der Waals surface area contributed by atoms with Crippen LogP contribution in [0.5, 0.6) is 5.75 Å². The van der Waals surface area contributed by atoms with Crippen LogP contribution < -0.4 is 25.8 Å². The highest BCUT2D eigenvalue weighted by atomic mass is 32.2. The Morgan fingerprint density at radius 3 is 2.31 bits per heavy atom. The van der Waals surface area contributed by atoms with E-state index in [1.807, 2.05) is 31.2 Å². The predicted molar refractivity (Wildman–Crippen MR) is 126 cm³/mol. The maximum absolute atomic E-state index is 12.4. The van der Waals surface area contributed by atoms with Gasteiger partial charge in [-0.15, -0.1) is 0 Å². The Bertz CT molecular complexity index is 931. The van der Waals surface area contributed by atoms with E-state index >= 15 is 0 Å². The molecule has 2 aromatic rings. The third-order valence-electron chi connectivity index (χ3n) is 4.98. The highest BCUT2D eigenvalue weighted by molar-refractivity contribution is 7.89. The molecule has 0 unspecified atom stereocenters. The summed E-state index contributed by atoms with van der Waals surface area (Å²) in [6, 6.07) is 14.1. The first-order valence-electron chi connectivity index (χ1n) is 10.8. The molecule has 176 valence electrons. The smallest absolute Gasteiger partial charge is 0.240 e. The van der Waals surface area contributed by atoms with E-state index in [2.05, 4.69) is 15.4 Å². The van der Waals surface area contributed by atoms with Gasteiger partial charge in [-0.25, -0.2) is 13.1 Å². The molecule has 5 N–H and O–H groups in total. The molecule has 0 saturated heterocycles. The zero-order chi connectivity index (χ0) is 23.4. The molecule has 8 nitrogen and oxygen atoms in total. The first-order chi connectivity index (χ1) is 15.4. The van der Waals surface area contributed by atoms with Gasteiger partial charge in [-0.2, -0.15) is 0 Å². The molecule has 1 amide bonds. The van der Waals surface area contributed by atoms with Crippen molar-refractivity contribution in [3.8, 4) is 5.75 Å². The minimum atomic E-state index is -3.54. The van der Waals surface area contributed by atoms with E-state index < -0.39 is 10.0 Å². The van der Waals surface area contributed by atoms with E-state index in [4.69, 9.17) is 10.5 Å². The number of rotatable bonds is 14. The molecular formula is C23H34N4O4S. The molecule has 0 heterocycles. The van der Waals surface area contributed by atoms with Gasteiger partial charge in [0.15, 0.2) is 0 Å². The van der Waals surface area contributed by atoms with E-state index in [0.717, 1.165) is 23.3 Å². The Morgan fingerprint density at radius 1 is 1.00 bits per heavy atom. The topological polar surface area (TPSA) is 123 Å². The average Bonchev–Trinajstić information content (AvgIpc) is 2.78. The maximum Gasteiger partial charge on any atom is 0.240 e. The van der Waals surface area contributed by atoms with E-state index in [-0.39, 0.29) is 23.3 Å². The van der Waals surface area contributed by atoms with Crippen molar-refractivity contribution in [2.75, 3.05) is 33.3 Å². The molecule has 0 aliphatic heterocycles. The number of methoxy groups -OCH3 is 1. The van der Waals surface area contributed by atoms with Crippen LogP contribution in [0, 0.1) is 6.92 Å². The number of benzene rings is 2. The van der Waals surface area contributed by atoms with Gasteiger partial charge in [0.1, 0.15) is 5.75 Å². The van der Waals surface area contributed by atoms with Crippen LogP contribution in [0.2, 0.25) is 0 Å². The lowest BCUT2D eigenvalue weighted by Crippen LogP contribution is -2.33. The number of amides is 1. The lowest BCUT2D eigenvalue weighted by molar-refractivity contribution is -0.121. The standard InChI is InChI=1S/C23H34N4O4S/c1-18-5-11-21(12-6-18)32(29,30)27-16-4-15-25-22(17-23(28)26-14-3-13-24)19-7-9-20(31-2)10-8-19/h5-12,22,25,27H,3-4,13-17,24H2,1-2H3,(H,26,28)/t22-/m0/s1. The number of carbonyl (C=O) groups is 1. The lowest BCUT2D eigenvalue weighted by atomic mass is 10.0. The Labute approximate surface area is 191 Å². The number of ether oxygens (including phenoxy) is 1. The number of nitrogens with two attached hydrogens (primary N) is 1. The van der Waals surface area contributed by atoms with Gasteiger partial charge in [0.05, 0.1) is 12.0 Å². The number of hydrogen-bond donors (Lipinski definition) is 4. The molecule has 0 saturated carbocycles. The van der Waals surface area contributed by atoms with Gasteiger partial charge in [-0.1, -0.05) is 29.8 Å². The predicted octanol–water partition coefficient (Wildman–Crippen LogP) is 1.86. The van der Waals surface area contributed by atoms with Crippen LogP contribution in [0.15, 0.2) is 53.4 Å². The van der Waals surface area contributed by atoms with Crippen LogP contribution >= 0.6 is 0 Å². The van der Waals surface area contributed by atoms with E-state index in [9.17, 15) is 13.2 Å². The largest absolute Gasteiger partial charge is 0.497 e. The van der Waals surface area contributed by atoms with Crippen molar-refractivity contribution < 1.29 is 17.9 Å². The van der Waals surface area contributed by atoms with Crippen LogP contribution in [0.1, 0.15) is 36.4 Å². The Balaban J connectivity index is 1.89. The second kappa shape index (κ2) is 13.2. The van der Waals surface area contributed by atoms with E-state index in [1.165, 1.54) is 0 Å². The van der Waals surface area contributed by atoms with Gasteiger partial charge in [-0.05, 0) is 62.7 Å². The van der Waals surface area contributed by atoms with Crippen LogP contribution in [0.25, 0.3) is 0 Å². The lowest BCUT2D eigenvalue weighted by Gasteiger charge is -2.19. The summed E-state index contributed by atoms with van der Waals surface area (Å²) in [5.41, 5.74) is 7.44. The fourth-order valence-corrected chi connectivity index (χ4v) is 4.18. The molecular weight excluding hydrogens is 428 g/mol. The normalized spacial score (nSPS) is 12.3. The monoisotopic (exact) mass is 462 g/mol. The third-order valence-corrected chi connectivity index (χ3v) is 6.46. The quantitative estimate of drug-likeness (QED) is 0.318. The zero-order valence-electron chi connectivity index (χ0n) is 18.8. The number of aryl methyl sites for hydroxylation is 1. The molecule has 2 aromatic carbocycles. The SMILES string of the molecule is COc1ccc([C@H](CC(=O)NCCCN)NCCCNS(=O)(=O)c2ccc(C)cc2)cc1. The van der Waals surface area contributed by atoms with E-state index in [1.54, 1.807) is 31.4 Å². The maximum atomic E-state index is 12.4. The number of sulfonamides is 1. The van der Waals surface area contributed by atoms with Gasteiger partial charge in [0, 0.05) is 25.6 Å². The van der Waals surface area contributed by atoms with Crippen molar-refractivity contribution in [2.24, 2.45) is 5.73 Å². The highest BCUT2D eigenvalue weighted by Gasteiger charge is 2.16. The van der Waals surface area contributed by atoms with E-state index in [0.29, 0.717) is 32.6 Å². The van der Waals surface area contributed by atoms with Crippen molar-refractivity contribution in [1.29, 1.82) is 0 Å². The first-order valence-corrected chi connectivity index (χ1v) is 12.2. The average molecular weight is 463 g/mol. The molecule has 0 aliphatic carbocycles. The molecule has 1 atom stereocenters. The molecule has 0 aromatic heterocycles. The summed E-state index contributed by atoms with van der Waals surface area (Å²) in [5, 5.41) is 6.24. The van der Waals surface area contributed by atoms with Crippen LogP contribution in [-0.4, -0.2) is 47.6 Å². The summed E-state index contributed by atoms with van der Waals surface area (Å²) < 4.78 is 32.6. The number of hydrogen-bond acceptors (Lipinski definition) is 6. The molecule has 0 aliphatic rings. The molecule has 0 bridgehead atoms. The van der Waals surface area contributed by atoms with Crippen LogP contribution in [0.4, 0.5) is 0 Å². The Kier molecular flexibility index (Phi) is 10.6. The summed E-state index contributed by atoms with van der Waals surface area (Å²) in [7, 11) is -1.93. The van der Waals surface area contributed by atoms with Gasteiger partial charge in [0.25, 0.3) is 0 Å². The third kappa shape index (κ3) is 8.58. The van der Waals surface area contributed by atoms with Gasteiger partial charge in [0.2, 0.25) is 15.9 Å². The van der Waals surface area contributed by atoms with Crippen molar-refractivity contribution in [3.05, 3.63) is 59.7 Å². The minimum absolute atomic E-state index is 0.0631. The van der Waals surface area contributed by atoms with Crippen LogP contribution in [-0.2, 0) is 14.8 Å². The Hall–Kier alpha value is -2.46. The minimum Gasteiger partial charge on any atom is -0.497 e.